The molecule has 6 rings (SSSR count). The highest BCUT2D eigenvalue weighted by Crippen LogP contribution is 2.58. The Labute approximate surface area is 240 Å². The minimum Gasteiger partial charge on any atom is -0.465 e. The lowest BCUT2D eigenvalue weighted by Crippen LogP contribution is -2.53. The van der Waals surface area contributed by atoms with Gasteiger partial charge in [0.15, 0.2) is 0 Å². The predicted molar refractivity (Wildman–Crippen MR) is 146 cm³/mol. The number of hydrogen-bond donors (Lipinski definition) is 1. The molecule has 3 aromatic rings. The Morgan fingerprint density at radius 1 is 1.24 bits per heavy atom. The minimum atomic E-state index is -4.72. The maximum atomic E-state index is 14.3. The molecule has 0 bridgehead atoms. The average molecular weight is 584 g/mol. The third-order valence-corrected chi connectivity index (χ3v) is 9.32. The van der Waals surface area contributed by atoms with Crippen molar-refractivity contribution in [2.75, 3.05) is 18.6 Å². The maximum absolute atomic E-state index is 14.3. The Bertz CT molecular complexity index is 1570. The molecule has 1 aliphatic heterocycles. The molecule has 222 valence electrons. The summed E-state index contributed by atoms with van der Waals surface area (Å²) >= 11 is 0. The van der Waals surface area contributed by atoms with Crippen molar-refractivity contribution in [2.24, 2.45) is 13.0 Å². The van der Waals surface area contributed by atoms with E-state index in [2.05, 4.69) is 10.2 Å². The summed E-state index contributed by atoms with van der Waals surface area (Å²) in [5.74, 6) is 0.328. The van der Waals surface area contributed by atoms with Crippen LogP contribution in [0, 0.1) is 5.92 Å². The van der Waals surface area contributed by atoms with Crippen molar-refractivity contribution in [2.45, 2.75) is 62.8 Å². The number of fused-ring (bicyclic) bond motifs is 1. The van der Waals surface area contributed by atoms with E-state index in [0.29, 0.717) is 25.1 Å². The Balaban J connectivity index is 1.36. The van der Waals surface area contributed by atoms with Crippen LogP contribution in [0.4, 0.5) is 23.7 Å². The number of carbonyl (C=O) groups excluding carboxylic acids is 1. The van der Waals surface area contributed by atoms with Gasteiger partial charge in [0.25, 0.3) is 5.91 Å². The van der Waals surface area contributed by atoms with Gasteiger partial charge in [0.2, 0.25) is 0 Å². The summed E-state index contributed by atoms with van der Waals surface area (Å²) in [4.78, 5) is 28.3. The summed E-state index contributed by atoms with van der Waals surface area (Å²) in [5, 5.41) is 18.2. The first-order chi connectivity index (χ1) is 19.9. The van der Waals surface area contributed by atoms with Crippen molar-refractivity contribution in [3.8, 4) is 0 Å². The number of methoxy groups -OCH3 is 1. The second-order valence-electron chi connectivity index (χ2n) is 11.9. The molecule has 2 saturated carbocycles. The van der Waals surface area contributed by atoms with E-state index in [0.717, 1.165) is 30.3 Å². The highest BCUT2D eigenvalue weighted by Gasteiger charge is 2.59. The third-order valence-electron chi connectivity index (χ3n) is 9.32. The summed E-state index contributed by atoms with van der Waals surface area (Å²) in [7, 11) is 3.49. The van der Waals surface area contributed by atoms with Gasteiger partial charge in [-0.25, -0.2) is 4.79 Å². The van der Waals surface area contributed by atoms with Gasteiger partial charge in [-0.05, 0) is 73.6 Å². The van der Waals surface area contributed by atoms with E-state index in [9.17, 15) is 27.9 Å². The van der Waals surface area contributed by atoms with Crippen molar-refractivity contribution < 1.29 is 32.6 Å². The summed E-state index contributed by atoms with van der Waals surface area (Å²) in [6, 6.07) is 9.69. The zero-order chi connectivity index (χ0) is 30.0. The van der Waals surface area contributed by atoms with Crippen molar-refractivity contribution in [1.29, 1.82) is 0 Å². The number of alkyl halides is 3. The van der Waals surface area contributed by atoms with E-state index in [1.165, 1.54) is 15.9 Å². The Morgan fingerprint density at radius 2 is 2.00 bits per heavy atom. The van der Waals surface area contributed by atoms with E-state index in [-0.39, 0.29) is 35.7 Å². The molecule has 2 atom stereocenters. The largest absolute Gasteiger partial charge is 0.465 e. The molecular weight excluding hydrogens is 551 g/mol. The lowest BCUT2D eigenvalue weighted by Gasteiger charge is -2.46. The molecule has 9 nitrogen and oxygen atoms in total. The Kier molecular flexibility index (Phi) is 6.60. The molecule has 42 heavy (non-hydrogen) atoms. The van der Waals surface area contributed by atoms with Crippen molar-refractivity contribution in [3.05, 3.63) is 76.4 Å². The van der Waals surface area contributed by atoms with Crippen LogP contribution >= 0.6 is 0 Å². The Morgan fingerprint density at radius 3 is 2.60 bits per heavy atom. The average Bonchev–Trinajstić information content (AvgIpc) is 3.30. The van der Waals surface area contributed by atoms with Gasteiger partial charge in [0.1, 0.15) is 12.2 Å². The molecule has 0 saturated heterocycles. The fourth-order valence-electron chi connectivity index (χ4n) is 6.78. The summed E-state index contributed by atoms with van der Waals surface area (Å²) in [6.07, 6.45) is -1.40. The fraction of sp³-hybridized carbons (Fsp3) is 0.467. The van der Waals surface area contributed by atoms with E-state index in [4.69, 9.17) is 4.74 Å². The van der Waals surface area contributed by atoms with Crippen LogP contribution in [-0.4, -0.2) is 56.0 Å². The molecule has 2 amide bonds. The number of amides is 2. The highest BCUT2D eigenvalue weighted by atomic mass is 19.4. The van der Waals surface area contributed by atoms with E-state index in [1.54, 1.807) is 32.5 Å². The van der Waals surface area contributed by atoms with Crippen LogP contribution in [0.25, 0.3) is 0 Å². The summed E-state index contributed by atoms with van der Waals surface area (Å²) in [5.41, 5.74) is -0.708. The number of ether oxygens (including phenoxy) is 1. The number of anilines is 1. The quantitative estimate of drug-likeness (QED) is 0.383. The van der Waals surface area contributed by atoms with Crippen LogP contribution in [0.15, 0.2) is 42.7 Å². The summed E-state index contributed by atoms with van der Waals surface area (Å²) in [6.45, 7) is 1.82. The lowest BCUT2D eigenvalue weighted by atomic mass is 9.77. The first kappa shape index (κ1) is 28.2. The highest BCUT2D eigenvalue weighted by molar-refractivity contribution is 6.10. The number of halogens is 3. The number of benzene rings is 2. The van der Waals surface area contributed by atoms with Crippen LogP contribution < -0.4 is 4.90 Å². The van der Waals surface area contributed by atoms with E-state index >= 15 is 0 Å². The van der Waals surface area contributed by atoms with Crippen molar-refractivity contribution >= 4 is 17.7 Å². The fourth-order valence-corrected chi connectivity index (χ4v) is 6.78. The van der Waals surface area contributed by atoms with Crippen LogP contribution in [0.5, 0.6) is 0 Å². The normalized spacial score (nSPS) is 22.6. The molecule has 2 heterocycles. The number of hydrogen-bond acceptors (Lipinski definition) is 5. The predicted octanol–water partition coefficient (Wildman–Crippen LogP) is 5.37. The van der Waals surface area contributed by atoms with Gasteiger partial charge in [-0.3, -0.25) is 9.69 Å². The molecule has 2 aromatic carbocycles. The standard InChI is InChI=1S/C30H32F3N5O4/c1-28(8-5-9-28)38(27(40)41)14-18-10-22-23(24(11-18)30(31,32)33)15-37(25(22)39)21-7-4-6-19(12-21)29(13-20(29)16-42-3)26-35-34-17-36(26)2/h4,6-7,10-12,17,20H,5,8-9,13-16H2,1-3H3,(H,40,41). The summed E-state index contributed by atoms with van der Waals surface area (Å²) < 4.78 is 50.3. The topological polar surface area (TPSA) is 101 Å². The molecule has 3 aliphatic rings. The number of aryl methyl sites for hydroxylation is 1. The third kappa shape index (κ3) is 4.43. The molecule has 1 aromatic heterocycles. The van der Waals surface area contributed by atoms with Gasteiger partial charge in [0.05, 0.1) is 24.1 Å². The zero-order valence-corrected chi connectivity index (χ0v) is 23.6. The number of rotatable bonds is 8. The molecular formula is C30H32F3N5O4. The molecule has 12 heteroatoms. The maximum Gasteiger partial charge on any atom is 0.416 e. The SMILES string of the molecule is COCC1CC1(c1cccc(N2Cc3c(cc(CN(C(=O)O)C4(C)CCC4)cc3C(F)(F)F)C2=O)c1)c1nncn1C. The number of carbonyl (C=O) groups is 2. The van der Waals surface area contributed by atoms with Crippen LogP contribution in [-0.2, 0) is 36.5 Å². The monoisotopic (exact) mass is 583 g/mol. The van der Waals surface area contributed by atoms with Gasteiger partial charge in [-0.2, -0.15) is 13.2 Å². The van der Waals surface area contributed by atoms with Gasteiger partial charge >= 0.3 is 12.3 Å². The second kappa shape index (κ2) is 9.82. The number of aromatic nitrogens is 3. The number of nitrogens with zero attached hydrogens (tertiary/aromatic N) is 5. The Hall–Kier alpha value is -3.93. The van der Waals surface area contributed by atoms with Crippen molar-refractivity contribution in [1.82, 2.24) is 19.7 Å². The van der Waals surface area contributed by atoms with Gasteiger partial charge in [-0.1, -0.05) is 12.1 Å². The van der Waals surface area contributed by atoms with Gasteiger partial charge < -0.3 is 19.3 Å². The second-order valence-corrected chi connectivity index (χ2v) is 11.9. The van der Waals surface area contributed by atoms with Crippen LogP contribution in [0.3, 0.4) is 0 Å². The smallest absolute Gasteiger partial charge is 0.416 e. The lowest BCUT2D eigenvalue weighted by molar-refractivity contribution is -0.138. The number of carboxylic acid groups (broad SMARTS) is 1. The first-order valence-electron chi connectivity index (χ1n) is 13.9. The van der Waals surface area contributed by atoms with Crippen molar-refractivity contribution in [3.63, 3.8) is 0 Å². The molecule has 2 fully saturated rings. The van der Waals surface area contributed by atoms with Crippen LogP contribution in [0.2, 0.25) is 0 Å². The van der Waals surface area contributed by atoms with Gasteiger partial charge in [-0.15, -0.1) is 10.2 Å². The zero-order valence-electron chi connectivity index (χ0n) is 23.6. The molecule has 1 N–H and O–H groups in total. The minimum absolute atomic E-state index is 0.0546. The molecule has 2 aliphatic carbocycles. The van der Waals surface area contributed by atoms with E-state index < -0.39 is 34.7 Å². The molecule has 0 radical (unpaired) electrons. The molecule has 0 spiro atoms. The first-order valence-corrected chi connectivity index (χ1v) is 13.9. The van der Waals surface area contributed by atoms with E-state index in [1.807, 2.05) is 23.7 Å². The van der Waals surface area contributed by atoms with Gasteiger partial charge in [0, 0.05) is 43.4 Å². The van der Waals surface area contributed by atoms with Crippen LogP contribution in [0.1, 0.15) is 71.0 Å². The molecule has 2 unspecified atom stereocenters.